The SMILES string of the molecule is N#Cc1ccc(N2CCN(C3CCCN(CC(F)(F)F)C3=O)CC2)nc1. The molecule has 6 nitrogen and oxygen atoms in total. The maximum Gasteiger partial charge on any atom is 0.406 e. The van der Waals surface area contributed by atoms with Gasteiger partial charge in [-0.15, -0.1) is 0 Å². The van der Waals surface area contributed by atoms with Crippen molar-refractivity contribution in [2.45, 2.75) is 25.1 Å². The molecule has 2 aliphatic rings. The number of piperidine rings is 1. The summed E-state index contributed by atoms with van der Waals surface area (Å²) in [7, 11) is 0. The normalized spacial score (nSPS) is 22.4. The maximum absolute atomic E-state index is 12.6. The topological polar surface area (TPSA) is 63.5 Å². The molecular formula is C17H20F3N5O. The third kappa shape index (κ3) is 4.25. The van der Waals surface area contributed by atoms with Gasteiger partial charge in [0.1, 0.15) is 18.4 Å². The second kappa shape index (κ2) is 7.50. The number of carbonyl (C=O) groups is 1. The molecule has 0 spiro atoms. The largest absolute Gasteiger partial charge is 0.406 e. The average Bonchev–Trinajstić information content (AvgIpc) is 2.63. The van der Waals surface area contributed by atoms with E-state index >= 15 is 0 Å². The third-order valence-corrected chi connectivity index (χ3v) is 4.83. The van der Waals surface area contributed by atoms with Gasteiger partial charge in [-0.05, 0) is 25.0 Å². The molecule has 1 aromatic heterocycles. The molecule has 1 atom stereocenters. The Morgan fingerprint density at radius 3 is 2.50 bits per heavy atom. The first-order valence-corrected chi connectivity index (χ1v) is 8.58. The Balaban J connectivity index is 1.58. The Morgan fingerprint density at radius 2 is 1.92 bits per heavy atom. The summed E-state index contributed by atoms with van der Waals surface area (Å²) in [5.74, 6) is 0.343. The van der Waals surface area contributed by atoms with E-state index in [4.69, 9.17) is 5.26 Å². The highest BCUT2D eigenvalue weighted by Gasteiger charge is 2.39. The Morgan fingerprint density at radius 1 is 1.19 bits per heavy atom. The van der Waals surface area contributed by atoms with Gasteiger partial charge in [-0.2, -0.15) is 18.4 Å². The van der Waals surface area contributed by atoms with Crippen LogP contribution in [0.25, 0.3) is 0 Å². The standard InChI is InChI=1S/C17H20F3N5O/c18-17(19,20)12-25-5-1-2-14(16(25)26)23-6-8-24(9-7-23)15-4-3-13(10-21)11-22-15/h3-4,11,14H,1-2,5-9,12H2. The molecule has 2 saturated heterocycles. The van der Waals surface area contributed by atoms with E-state index in [1.807, 2.05) is 11.0 Å². The van der Waals surface area contributed by atoms with Crippen molar-refractivity contribution in [2.75, 3.05) is 44.2 Å². The van der Waals surface area contributed by atoms with Crippen molar-refractivity contribution in [1.29, 1.82) is 5.26 Å². The van der Waals surface area contributed by atoms with Gasteiger partial charge in [-0.3, -0.25) is 9.69 Å². The molecule has 0 radical (unpaired) electrons. The predicted molar refractivity (Wildman–Crippen MR) is 88.4 cm³/mol. The average molecular weight is 367 g/mol. The number of nitrogens with zero attached hydrogens (tertiary/aromatic N) is 5. The number of rotatable bonds is 3. The molecule has 2 aliphatic heterocycles. The lowest BCUT2D eigenvalue weighted by Crippen LogP contribution is -2.58. The fourth-order valence-electron chi connectivity index (χ4n) is 3.53. The summed E-state index contributed by atoms with van der Waals surface area (Å²) in [4.78, 5) is 21.7. The summed E-state index contributed by atoms with van der Waals surface area (Å²) in [6.45, 7) is 1.47. The van der Waals surface area contributed by atoms with Crippen molar-refractivity contribution >= 4 is 11.7 Å². The summed E-state index contributed by atoms with van der Waals surface area (Å²) in [5.41, 5.74) is 0.491. The number of hydrogen-bond acceptors (Lipinski definition) is 5. The maximum atomic E-state index is 12.6. The monoisotopic (exact) mass is 367 g/mol. The number of aromatic nitrogens is 1. The van der Waals surface area contributed by atoms with Crippen LogP contribution in [0.3, 0.4) is 0 Å². The van der Waals surface area contributed by atoms with Crippen LogP contribution in [-0.4, -0.2) is 72.2 Å². The van der Waals surface area contributed by atoms with Gasteiger partial charge in [0, 0.05) is 38.9 Å². The van der Waals surface area contributed by atoms with Crippen LogP contribution in [0.5, 0.6) is 0 Å². The van der Waals surface area contributed by atoms with Crippen LogP contribution >= 0.6 is 0 Å². The molecule has 140 valence electrons. The highest BCUT2D eigenvalue weighted by Crippen LogP contribution is 2.24. The smallest absolute Gasteiger partial charge is 0.354 e. The number of likely N-dealkylation sites (tertiary alicyclic amines) is 1. The number of amides is 1. The predicted octanol–water partition coefficient (Wildman–Crippen LogP) is 1.63. The molecule has 1 amide bonds. The fraction of sp³-hybridized carbons (Fsp3) is 0.588. The highest BCUT2D eigenvalue weighted by atomic mass is 19.4. The molecule has 3 rings (SSSR count). The number of carbonyl (C=O) groups excluding carboxylic acids is 1. The zero-order valence-corrected chi connectivity index (χ0v) is 14.2. The molecule has 1 unspecified atom stereocenters. The van der Waals surface area contributed by atoms with Crippen LogP contribution in [0.15, 0.2) is 18.3 Å². The number of pyridine rings is 1. The third-order valence-electron chi connectivity index (χ3n) is 4.83. The van der Waals surface area contributed by atoms with E-state index in [2.05, 4.69) is 9.88 Å². The molecule has 0 N–H and O–H groups in total. The minimum atomic E-state index is -4.36. The summed E-state index contributed by atoms with van der Waals surface area (Å²) < 4.78 is 37.9. The molecule has 1 aromatic rings. The number of anilines is 1. The second-order valence-corrected chi connectivity index (χ2v) is 6.57. The van der Waals surface area contributed by atoms with E-state index in [-0.39, 0.29) is 6.54 Å². The van der Waals surface area contributed by atoms with Gasteiger partial charge in [0.2, 0.25) is 5.91 Å². The minimum Gasteiger partial charge on any atom is -0.354 e. The zero-order chi connectivity index (χ0) is 18.7. The van der Waals surface area contributed by atoms with Gasteiger partial charge < -0.3 is 9.80 Å². The lowest BCUT2D eigenvalue weighted by molar-refractivity contribution is -0.167. The Kier molecular flexibility index (Phi) is 5.32. The molecule has 0 aromatic carbocycles. The molecule has 9 heteroatoms. The van der Waals surface area contributed by atoms with Crippen LogP contribution in [0.4, 0.5) is 19.0 Å². The first-order valence-electron chi connectivity index (χ1n) is 8.58. The molecule has 2 fully saturated rings. The first-order chi connectivity index (χ1) is 12.4. The van der Waals surface area contributed by atoms with Gasteiger partial charge in [0.15, 0.2) is 0 Å². The van der Waals surface area contributed by atoms with Crippen LogP contribution in [0.2, 0.25) is 0 Å². The van der Waals surface area contributed by atoms with Crippen molar-refractivity contribution in [3.63, 3.8) is 0 Å². The van der Waals surface area contributed by atoms with Crippen LogP contribution in [0, 0.1) is 11.3 Å². The molecular weight excluding hydrogens is 347 g/mol. The number of alkyl halides is 3. The molecule has 0 bridgehead atoms. The van der Waals surface area contributed by atoms with Gasteiger partial charge >= 0.3 is 6.18 Å². The summed E-state index contributed by atoms with van der Waals surface area (Å²) in [6, 6.07) is 5.04. The Hall–Kier alpha value is -2.34. The minimum absolute atomic E-state index is 0.171. The van der Waals surface area contributed by atoms with Crippen LogP contribution < -0.4 is 4.90 Å². The van der Waals surface area contributed by atoms with Crippen molar-refractivity contribution in [3.8, 4) is 6.07 Å². The van der Waals surface area contributed by atoms with E-state index in [9.17, 15) is 18.0 Å². The fourth-order valence-corrected chi connectivity index (χ4v) is 3.53. The Labute approximate surface area is 149 Å². The summed E-state index contributed by atoms with van der Waals surface area (Å²) >= 11 is 0. The van der Waals surface area contributed by atoms with E-state index in [1.54, 1.807) is 12.1 Å². The first kappa shape index (κ1) is 18.5. The van der Waals surface area contributed by atoms with Crippen molar-refractivity contribution in [3.05, 3.63) is 23.9 Å². The van der Waals surface area contributed by atoms with Crippen molar-refractivity contribution in [1.82, 2.24) is 14.8 Å². The number of hydrogen-bond donors (Lipinski definition) is 0. The van der Waals surface area contributed by atoms with Gasteiger partial charge in [0.25, 0.3) is 0 Å². The quantitative estimate of drug-likeness (QED) is 0.813. The zero-order valence-electron chi connectivity index (χ0n) is 14.2. The van der Waals surface area contributed by atoms with Crippen molar-refractivity contribution in [2.24, 2.45) is 0 Å². The number of halogens is 3. The second-order valence-electron chi connectivity index (χ2n) is 6.57. The number of nitriles is 1. The van der Waals surface area contributed by atoms with E-state index in [0.717, 1.165) is 10.7 Å². The molecule has 0 saturated carbocycles. The van der Waals surface area contributed by atoms with Gasteiger partial charge in [-0.1, -0.05) is 0 Å². The van der Waals surface area contributed by atoms with E-state index in [0.29, 0.717) is 44.6 Å². The highest BCUT2D eigenvalue weighted by molar-refractivity contribution is 5.82. The summed E-state index contributed by atoms with van der Waals surface area (Å²) in [5, 5.41) is 8.82. The lowest BCUT2D eigenvalue weighted by Gasteiger charge is -2.42. The molecule has 26 heavy (non-hydrogen) atoms. The van der Waals surface area contributed by atoms with Gasteiger partial charge in [0.05, 0.1) is 11.6 Å². The number of piperazine rings is 1. The van der Waals surface area contributed by atoms with Gasteiger partial charge in [-0.25, -0.2) is 4.98 Å². The van der Waals surface area contributed by atoms with Crippen molar-refractivity contribution < 1.29 is 18.0 Å². The van der Waals surface area contributed by atoms with Crippen LogP contribution in [0.1, 0.15) is 18.4 Å². The Bertz CT molecular complexity index is 677. The molecule has 0 aliphatic carbocycles. The van der Waals surface area contributed by atoms with E-state index in [1.165, 1.54) is 6.20 Å². The van der Waals surface area contributed by atoms with E-state index < -0.39 is 24.7 Å². The van der Waals surface area contributed by atoms with Crippen LogP contribution in [-0.2, 0) is 4.79 Å². The summed E-state index contributed by atoms with van der Waals surface area (Å²) in [6.07, 6.45) is -1.66. The molecule has 3 heterocycles. The lowest BCUT2D eigenvalue weighted by atomic mass is 10.0.